The summed E-state index contributed by atoms with van der Waals surface area (Å²) in [6, 6.07) is 3.82. The predicted octanol–water partition coefficient (Wildman–Crippen LogP) is 1.29. The Labute approximate surface area is 157 Å². The van der Waals surface area contributed by atoms with E-state index in [9.17, 15) is 24.6 Å². The maximum absolute atomic E-state index is 13.0. The molecule has 4 atom stereocenters. The molecule has 3 N–H and O–H groups in total. The van der Waals surface area contributed by atoms with Gasteiger partial charge in [-0.05, 0) is 19.4 Å². The van der Waals surface area contributed by atoms with Crippen molar-refractivity contribution < 1.29 is 29.3 Å². The van der Waals surface area contributed by atoms with Gasteiger partial charge in [-0.2, -0.15) is 0 Å². The van der Waals surface area contributed by atoms with Crippen LogP contribution in [0.5, 0.6) is 11.5 Å². The van der Waals surface area contributed by atoms with Crippen LogP contribution in [0, 0.1) is 11.8 Å². The normalized spacial score (nSPS) is 29.9. The molecule has 0 aromatic heterocycles. The Kier molecular flexibility index (Phi) is 4.86. The van der Waals surface area contributed by atoms with Crippen molar-refractivity contribution in [1.29, 1.82) is 0 Å². The molecule has 146 valence electrons. The number of phenolic OH excluding ortho intramolecular Hbond substituents is 1. The third kappa shape index (κ3) is 2.84. The lowest BCUT2D eigenvalue weighted by Gasteiger charge is -2.27. The van der Waals surface area contributed by atoms with Gasteiger partial charge in [-0.25, -0.2) is 0 Å². The third-order valence-corrected chi connectivity index (χ3v) is 5.63. The minimum Gasteiger partial charge on any atom is -0.507 e. The number of carbonyl (C=O) groups is 3. The zero-order valence-electron chi connectivity index (χ0n) is 15.6. The van der Waals surface area contributed by atoms with Gasteiger partial charge in [0.15, 0.2) is 0 Å². The fourth-order valence-electron chi connectivity index (χ4n) is 4.11. The minimum atomic E-state index is -1.60. The van der Waals surface area contributed by atoms with Crippen LogP contribution in [0.15, 0.2) is 18.2 Å². The molecular formula is C19H24N2O6. The number of nitrogens with one attached hydrogen (secondary N) is 1. The molecule has 0 aliphatic carbocycles. The molecule has 0 spiro atoms. The van der Waals surface area contributed by atoms with E-state index in [4.69, 9.17) is 4.74 Å². The average Bonchev–Trinajstić information content (AvgIpc) is 3.08. The lowest BCUT2D eigenvalue weighted by Crippen LogP contribution is -2.53. The summed E-state index contributed by atoms with van der Waals surface area (Å²) < 4.78 is 5.07. The number of aromatic hydroxyl groups is 1. The zero-order valence-corrected chi connectivity index (χ0v) is 15.6. The summed E-state index contributed by atoms with van der Waals surface area (Å²) in [5, 5.41) is 23.1. The smallest absolute Gasteiger partial charge is 0.324 e. The van der Waals surface area contributed by atoms with E-state index in [0.29, 0.717) is 17.7 Å². The molecule has 0 bridgehead atoms. The van der Waals surface area contributed by atoms with E-state index >= 15 is 0 Å². The van der Waals surface area contributed by atoms with E-state index < -0.39 is 41.2 Å². The monoisotopic (exact) mass is 376 g/mol. The number of fused-ring (bicyclic) bond motifs is 1. The molecule has 2 amide bonds. The molecule has 27 heavy (non-hydrogen) atoms. The molecule has 1 aromatic rings. The van der Waals surface area contributed by atoms with E-state index in [1.165, 1.54) is 25.0 Å². The number of hydrogen-bond donors (Lipinski definition) is 3. The molecular weight excluding hydrogens is 352 g/mol. The topological polar surface area (TPSA) is 116 Å². The van der Waals surface area contributed by atoms with Crippen molar-refractivity contribution in [3.8, 4) is 11.5 Å². The number of carboxylic acid groups (broad SMARTS) is 1. The lowest BCUT2D eigenvalue weighted by atomic mass is 9.80. The number of aliphatic carboxylic acids is 1. The fourth-order valence-corrected chi connectivity index (χ4v) is 4.11. The van der Waals surface area contributed by atoms with Crippen LogP contribution < -0.4 is 10.1 Å². The van der Waals surface area contributed by atoms with Crippen molar-refractivity contribution in [2.45, 2.75) is 38.3 Å². The van der Waals surface area contributed by atoms with Crippen LogP contribution in [0.4, 0.5) is 0 Å². The number of methoxy groups -OCH3 is 1. The summed E-state index contributed by atoms with van der Waals surface area (Å²) >= 11 is 0. The number of carbonyl (C=O) groups excluding carboxylic acids is 2. The van der Waals surface area contributed by atoms with Crippen LogP contribution in [0.25, 0.3) is 0 Å². The first-order chi connectivity index (χ1) is 12.8. The van der Waals surface area contributed by atoms with Crippen LogP contribution in [-0.2, 0) is 14.4 Å². The molecule has 2 aliphatic heterocycles. The number of carboxylic acids is 1. The minimum absolute atomic E-state index is 0.118. The van der Waals surface area contributed by atoms with Gasteiger partial charge in [0, 0.05) is 24.2 Å². The maximum atomic E-state index is 13.0. The molecule has 4 unspecified atom stereocenters. The van der Waals surface area contributed by atoms with Crippen LogP contribution in [-0.4, -0.2) is 52.1 Å². The Morgan fingerprint density at radius 3 is 2.59 bits per heavy atom. The second-order valence-corrected chi connectivity index (χ2v) is 7.24. The number of amides is 2. The molecule has 8 nitrogen and oxygen atoms in total. The van der Waals surface area contributed by atoms with Gasteiger partial charge in [-0.15, -0.1) is 0 Å². The summed E-state index contributed by atoms with van der Waals surface area (Å²) in [6.45, 7) is 3.65. The van der Waals surface area contributed by atoms with Gasteiger partial charge in [-0.3, -0.25) is 24.6 Å². The first-order valence-corrected chi connectivity index (χ1v) is 8.99. The number of phenols is 1. The summed E-state index contributed by atoms with van der Waals surface area (Å²) in [7, 11) is 1.46. The number of nitrogens with zero attached hydrogens (tertiary/aromatic N) is 1. The second kappa shape index (κ2) is 6.84. The Hall–Kier alpha value is -2.61. The Balaban J connectivity index is 2.05. The van der Waals surface area contributed by atoms with Crippen molar-refractivity contribution in [2.75, 3.05) is 13.7 Å². The summed E-state index contributed by atoms with van der Waals surface area (Å²) in [4.78, 5) is 39.1. The molecule has 2 aliphatic rings. The fraction of sp³-hybridized carbons (Fsp3) is 0.526. The van der Waals surface area contributed by atoms with Gasteiger partial charge in [0.1, 0.15) is 17.0 Å². The number of benzene rings is 1. The largest absolute Gasteiger partial charge is 0.507 e. The SMILES string of the molecule is CCCCN1C(=O)C2C(c3ccc(OC)cc3O)NC(C)(C(=O)O)C2C1=O. The van der Waals surface area contributed by atoms with E-state index in [1.807, 2.05) is 6.92 Å². The van der Waals surface area contributed by atoms with Crippen LogP contribution in [0.2, 0.25) is 0 Å². The predicted molar refractivity (Wildman–Crippen MR) is 95.2 cm³/mol. The molecule has 2 fully saturated rings. The van der Waals surface area contributed by atoms with Crippen molar-refractivity contribution in [3.63, 3.8) is 0 Å². The third-order valence-electron chi connectivity index (χ3n) is 5.63. The molecule has 2 saturated heterocycles. The first kappa shape index (κ1) is 19.2. The van der Waals surface area contributed by atoms with Crippen molar-refractivity contribution in [1.82, 2.24) is 10.2 Å². The highest BCUT2D eigenvalue weighted by atomic mass is 16.5. The Morgan fingerprint density at radius 1 is 1.33 bits per heavy atom. The number of likely N-dealkylation sites (tertiary alicyclic amines) is 1. The van der Waals surface area contributed by atoms with Crippen LogP contribution in [0.1, 0.15) is 38.3 Å². The highest BCUT2D eigenvalue weighted by Gasteiger charge is 2.66. The number of imide groups is 1. The van der Waals surface area contributed by atoms with E-state index in [1.54, 1.807) is 12.1 Å². The zero-order chi connectivity index (χ0) is 19.9. The molecule has 2 heterocycles. The Bertz CT molecular complexity index is 794. The molecule has 1 aromatic carbocycles. The first-order valence-electron chi connectivity index (χ1n) is 8.99. The second-order valence-electron chi connectivity index (χ2n) is 7.24. The van der Waals surface area contributed by atoms with Crippen molar-refractivity contribution >= 4 is 17.8 Å². The number of rotatable bonds is 6. The molecule has 0 radical (unpaired) electrons. The van der Waals surface area contributed by atoms with Gasteiger partial charge >= 0.3 is 5.97 Å². The van der Waals surface area contributed by atoms with E-state index in [0.717, 1.165) is 6.42 Å². The lowest BCUT2D eigenvalue weighted by molar-refractivity contribution is -0.150. The summed E-state index contributed by atoms with van der Waals surface area (Å²) in [5.41, 5.74) is -1.23. The molecule has 3 rings (SSSR count). The molecule has 8 heteroatoms. The highest BCUT2D eigenvalue weighted by molar-refractivity contribution is 6.09. The average molecular weight is 376 g/mol. The van der Waals surface area contributed by atoms with Gasteiger partial charge in [0.05, 0.1) is 18.9 Å². The number of ether oxygens (including phenoxy) is 1. The van der Waals surface area contributed by atoms with Crippen LogP contribution in [0.3, 0.4) is 0 Å². The van der Waals surface area contributed by atoms with Gasteiger partial charge in [0.2, 0.25) is 11.8 Å². The summed E-state index contributed by atoms with van der Waals surface area (Å²) in [5.74, 6) is -3.65. The van der Waals surface area contributed by atoms with E-state index in [2.05, 4.69) is 5.32 Å². The van der Waals surface area contributed by atoms with Crippen molar-refractivity contribution in [2.24, 2.45) is 11.8 Å². The highest BCUT2D eigenvalue weighted by Crippen LogP contribution is 2.50. The molecule has 0 saturated carbocycles. The van der Waals surface area contributed by atoms with Crippen molar-refractivity contribution in [3.05, 3.63) is 23.8 Å². The Morgan fingerprint density at radius 2 is 2.04 bits per heavy atom. The number of hydrogen-bond acceptors (Lipinski definition) is 6. The van der Waals surface area contributed by atoms with Gasteiger partial charge in [0.25, 0.3) is 0 Å². The van der Waals surface area contributed by atoms with Crippen LogP contribution >= 0.6 is 0 Å². The van der Waals surface area contributed by atoms with Gasteiger partial charge < -0.3 is 14.9 Å². The standard InChI is InChI=1S/C19H24N2O6/c1-4-5-8-21-16(23)13-14(17(21)24)19(2,18(25)26)20-15(13)11-7-6-10(27-3)9-12(11)22/h6-7,9,13-15,20,22H,4-5,8H2,1-3H3,(H,25,26). The van der Waals surface area contributed by atoms with E-state index in [-0.39, 0.29) is 12.3 Å². The maximum Gasteiger partial charge on any atom is 0.324 e. The van der Waals surface area contributed by atoms with Gasteiger partial charge in [-0.1, -0.05) is 19.4 Å². The number of unbranched alkanes of at least 4 members (excludes halogenated alkanes) is 1. The summed E-state index contributed by atoms with van der Waals surface area (Å²) in [6.07, 6.45) is 1.47. The quantitative estimate of drug-likeness (QED) is 0.641.